The molecule has 1 aliphatic heterocycles. The maximum atomic E-state index is 12.6. The number of nitrogens with two attached hydrogens (primary N) is 1. The zero-order valence-corrected chi connectivity index (χ0v) is 12.3. The number of furan rings is 1. The molecule has 1 aromatic heterocycles. The first kappa shape index (κ1) is 16.3. The number of hydrogen-bond donors (Lipinski definition) is 1. The Morgan fingerprint density at radius 1 is 1.38 bits per heavy atom. The summed E-state index contributed by atoms with van der Waals surface area (Å²) in [4.78, 5) is -0.0200. The van der Waals surface area contributed by atoms with Crippen LogP contribution in [0.25, 0.3) is 0 Å². The molecule has 0 bridgehead atoms. The van der Waals surface area contributed by atoms with E-state index in [0.717, 1.165) is 4.31 Å². The molecule has 2 N–H and O–H groups in total. The van der Waals surface area contributed by atoms with Gasteiger partial charge in [0.2, 0.25) is 10.0 Å². The van der Waals surface area contributed by atoms with Gasteiger partial charge < -0.3 is 10.2 Å². The number of nitrogens with zero attached hydrogens (tertiary/aromatic N) is 1. The molecule has 0 spiro atoms. The zero-order valence-electron chi connectivity index (χ0n) is 11.5. The molecular formula is C12H17F3N2O3S. The number of alkyl halides is 3. The summed E-state index contributed by atoms with van der Waals surface area (Å²) in [6, 6.07) is 1.33. The monoisotopic (exact) mass is 326 g/mol. The Bertz CT molecular complexity index is 602. The SMILES string of the molecule is Cc1oc(CN)cc1S(=O)(=O)N1CCC(C(F)(F)F)CC1. The number of aryl methyl sites for hydroxylation is 1. The van der Waals surface area contributed by atoms with Gasteiger partial charge in [-0.25, -0.2) is 8.42 Å². The molecule has 0 aromatic carbocycles. The van der Waals surface area contributed by atoms with Crippen LogP contribution in [0.3, 0.4) is 0 Å². The summed E-state index contributed by atoms with van der Waals surface area (Å²) < 4.78 is 69.0. The minimum Gasteiger partial charge on any atom is -0.464 e. The van der Waals surface area contributed by atoms with Gasteiger partial charge in [-0.1, -0.05) is 0 Å². The van der Waals surface area contributed by atoms with Crippen LogP contribution in [-0.2, 0) is 16.6 Å². The van der Waals surface area contributed by atoms with Crippen LogP contribution in [0.15, 0.2) is 15.4 Å². The Kier molecular flexibility index (Phi) is 4.36. The summed E-state index contributed by atoms with van der Waals surface area (Å²) in [5, 5.41) is 0. The average molecular weight is 326 g/mol. The number of sulfonamides is 1. The van der Waals surface area contributed by atoms with Crippen molar-refractivity contribution < 1.29 is 26.0 Å². The number of halogens is 3. The molecule has 120 valence electrons. The van der Waals surface area contributed by atoms with Crippen molar-refractivity contribution in [3.05, 3.63) is 17.6 Å². The summed E-state index contributed by atoms with van der Waals surface area (Å²) in [5.41, 5.74) is 5.39. The van der Waals surface area contributed by atoms with Gasteiger partial charge in [0.1, 0.15) is 16.4 Å². The van der Waals surface area contributed by atoms with Crippen LogP contribution in [0.5, 0.6) is 0 Å². The third-order valence-electron chi connectivity index (χ3n) is 3.66. The molecule has 0 aliphatic carbocycles. The largest absolute Gasteiger partial charge is 0.464 e. The highest BCUT2D eigenvalue weighted by Gasteiger charge is 2.43. The molecular weight excluding hydrogens is 309 g/mol. The summed E-state index contributed by atoms with van der Waals surface area (Å²) in [5.74, 6) is -0.904. The molecule has 0 radical (unpaired) electrons. The average Bonchev–Trinajstić information content (AvgIpc) is 2.80. The van der Waals surface area contributed by atoms with Crippen molar-refractivity contribution in [1.29, 1.82) is 0 Å². The molecule has 5 nitrogen and oxygen atoms in total. The van der Waals surface area contributed by atoms with E-state index in [1.54, 1.807) is 0 Å². The molecule has 0 amide bonds. The molecule has 0 unspecified atom stereocenters. The molecule has 21 heavy (non-hydrogen) atoms. The van der Waals surface area contributed by atoms with Gasteiger partial charge >= 0.3 is 6.18 Å². The zero-order chi connectivity index (χ0) is 15.8. The van der Waals surface area contributed by atoms with E-state index in [2.05, 4.69) is 0 Å². The molecule has 0 atom stereocenters. The fourth-order valence-electron chi connectivity index (χ4n) is 2.44. The predicted molar refractivity (Wildman–Crippen MR) is 68.9 cm³/mol. The number of piperidine rings is 1. The van der Waals surface area contributed by atoms with Crippen molar-refractivity contribution in [1.82, 2.24) is 4.31 Å². The van der Waals surface area contributed by atoms with Gasteiger partial charge in [-0.15, -0.1) is 0 Å². The summed E-state index contributed by atoms with van der Waals surface area (Å²) in [7, 11) is -3.83. The van der Waals surface area contributed by atoms with Crippen LogP contribution in [0.1, 0.15) is 24.4 Å². The van der Waals surface area contributed by atoms with Crippen LogP contribution in [0.4, 0.5) is 13.2 Å². The van der Waals surface area contributed by atoms with Crippen molar-refractivity contribution in [3.8, 4) is 0 Å². The molecule has 1 fully saturated rings. The van der Waals surface area contributed by atoms with Crippen molar-refractivity contribution in [2.24, 2.45) is 11.7 Å². The fourth-order valence-corrected chi connectivity index (χ4v) is 4.10. The van der Waals surface area contributed by atoms with E-state index in [1.165, 1.54) is 13.0 Å². The van der Waals surface area contributed by atoms with Crippen LogP contribution in [-0.4, -0.2) is 32.0 Å². The van der Waals surface area contributed by atoms with Gasteiger partial charge in [-0.05, 0) is 19.8 Å². The lowest BCUT2D eigenvalue weighted by Crippen LogP contribution is -2.42. The maximum Gasteiger partial charge on any atom is 0.391 e. The third-order valence-corrected chi connectivity index (χ3v) is 5.67. The molecule has 1 aromatic rings. The van der Waals surface area contributed by atoms with Crippen molar-refractivity contribution in [2.45, 2.75) is 37.4 Å². The first-order valence-corrected chi connectivity index (χ1v) is 7.96. The summed E-state index contributed by atoms with van der Waals surface area (Å²) >= 11 is 0. The smallest absolute Gasteiger partial charge is 0.391 e. The Balaban J connectivity index is 2.17. The summed E-state index contributed by atoms with van der Waals surface area (Å²) in [6.45, 7) is 1.27. The van der Waals surface area contributed by atoms with E-state index in [4.69, 9.17) is 10.2 Å². The van der Waals surface area contributed by atoms with Crippen LogP contribution in [0, 0.1) is 12.8 Å². The molecule has 1 aliphatic rings. The van der Waals surface area contributed by atoms with Crippen molar-refractivity contribution >= 4 is 10.0 Å². The van der Waals surface area contributed by atoms with Gasteiger partial charge in [0.25, 0.3) is 0 Å². The van der Waals surface area contributed by atoms with E-state index in [0.29, 0.717) is 5.76 Å². The Hall–Kier alpha value is -1.06. The Morgan fingerprint density at radius 2 is 1.95 bits per heavy atom. The first-order valence-electron chi connectivity index (χ1n) is 6.52. The van der Waals surface area contributed by atoms with Crippen LogP contribution >= 0.6 is 0 Å². The Labute approximate surface area is 120 Å². The second-order valence-corrected chi connectivity index (χ2v) is 6.96. The lowest BCUT2D eigenvalue weighted by Gasteiger charge is -2.31. The molecule has 9 heteroatoms. The van der Waals surface area contributed by atoms with Gasteiger partial charge in [0, 0.05) is 19.2 Å². The lowest BCUT2D eigenvalue weighted by molar-refractivity contribution is -0.182. The molecule has 1 saturated heterocycles. The molecule has 2 heterocycles. The van der Waals surface area contributed by atoms with E-state index >= 15 is 0 Å². The second-order valence-electron chi connectivity index (χ2n) is 5.06. The summed E-state index contributed by atoms with van der Waals surface area (Å²) in [6.07, 6.45) is -4.71. The van der Waals surface area contributed by atoms with Gasteiger partial charge in [0.15, 0.2) is 0 Å². The van der Waals surface area contributed by atoms with E-state index < -0.39 is 22.1 Å². The van der Waals surface area contributed by atoms with Crippen LogP contribution in [0.2, 0.25) is 0 Å². The highest BCUT2D eigenvalue weighted by molar-refractivity contribution is 7.89. The Morgan fingerprint density at radius 3 is 2.38 bits per heavy atom. The second kappa shape index (κ2) is 5.62. The minimum atomic E-state index is -4.27. The third kappa shape index (κ3) is 3.24. The van der Waals surface area contributed by atoms with Gasteiger partial charge in [-0.3, -0.25) is 0 Å². The highest BCUT2D eigenvalue weighted by Crippen LogP contribution is 2.36. The lowest BCUT2D eigenvalue weighted by atomic mass is 9.98. The van der Waals surface area contributed by atoms with Crippen molar-refractivity contribution in [3.63, 3.8) is 0 Å². The minimum absolute atomic E-state index is 0.0200. The maximum absolute atomic E-state index is 12.6. The van der Waals surface area contributed by atoms with E-state index in [9.17, 15) is 21.6 Å². The van der Waals surface area contributed by atoms with E-state index in [-0.39, 0.29) is 43.1 Å². The number of rotatable bonds is 3. The molecule has 0 saturated carbocycles. The fraction of sp³-hybridized carbons (Fsp3) is 0.667. The normalized spacial score (nSPS) is 19.1. The van der Waals surface area contributed by atoms with Crippen molar-refractivity contribution in [2.75, 3.05) is 13.1 Å². The van der Waals surface area contributed by atoms with Gasteiger partial charge in [0.05, 0.1) is 12.5 Å². The standard InChI is InChI=1S/C12H17F3N2O3S/c1-8-11(6-10(7-16)20-8)21(18,19)17-4-2-9(3-5-17)12(13,14)15/h6,9H,2-5,7,16H2,1H3. The topological polar surface area (TPSA) is 76.5 Å². The highest BCUT2D eigenvalue weighted by atomic mass is 32.2. The first-order chi connectivity index (χ1) is 9.66. The quantitative estimate of drug-likeness (QED) is 0.922. The van der Waals surface area contributed by atoms with Gasteiger partial charge in [-0.2, -0.15) is 17.5 Å². The van der Waals surface area contributed by atoms with E-state index in [1.807, 2.05) is 0 Å². The predicted octanol–water partition coefficient (Wildman–Crippen LogP) is 2.01. The van der Waals surface area contributed by atoms with Crippen LogP contribution < -0.4 is 5.73 Å². The molecule has 2 rings (SSSR count). The number of hydrogen-bond acceptors (Lipinski definition) is 4.